The third-order valence-corrected chi connectivity index (χ3v) is 3.55. The van der Waals surface area contributed by atoms with Crippen molar-refractivity contribution in [1.29, 1.82) is 0 Å². The van der Waals surface area contributed by atoms with Crippen molar-refractivity contribution in [3.05, 3.63) is 51.7 Å². The molecule has 0 aliphatic carbocycles. The third-order valence-electron chi connectivity index (χ3n) is 3.06. The quantitative estimate of drug-likeness (QED) is 0.827. The van der Waals surface area contributed by atoms with Gasteiger partial charge in [-0.1, -0.05) is 15.9 Å². The van der Waals surface area contributed by atoms with Crippen LogP contribution in [0.4, 0.5) is 15.8 Å². The molecule has 0 radical (unpaired) electrons. The van der Waals surface area contributed by atoms with Crippen molar-refractivity contribution in [2.75, 3.05) is 18.2 Å². The molecular weight excluding hydrogens is 339 g/mol. The predicted molar refractivity (Wildman–Crippen MR) is 84.2 cm³/mol. The fraction of sp³-hybridized carbons (Fsp3) is 0.133. The zero-order chi connectivity index (χ0) is 15.6. The van der Waals surface area contributed by atoms with E-state index in [1.54, 1.807) is 25.1 Å². The molecule has 0 unspecified atom stereocenters. The lowest BCUT2D eigenvalue weighted by Gasteiger charge is -2.11. The summed E-state index contributed by atoms with van der Waals surface area (Å²) in [5.41, 5.74) is 6.88. The Hall–Kier alpha value is -2.08. The van der Waals surface area contributed by atoms with Crippen LogP contribution in [-0.4, -0.2) is 13.0 Å². The summed E-state index contributed by atoms with van der Waals surface area (Å²) >= 11 is 3.32. The van der Waals surface area contributed by atoms with Gasteiger partial charge in [0.1, 0.15) is 11.6 Å². The monoisotopic (exact) mass is 352 g/mol. The minimum Gasteiger partial charge on any atom is -0.495 e. The van der Waals surface area contributed by atoms with E-state index < -0.39 is 11.7 Å². The molecule has 0 saturated heterocycles. The first-order valence-electron chi connectivity index (χ1n) is 6.13. The Morgan fingerprint density at radius 1 is 1.33 bits per heavy atom. The number of methoxy groups -OCH3 is 1. The molecule has 3 N–H and O–H groups in total. The Labute approximate surface area is 130 Å². The zero-order valence-corrected chi connectivity index (χ0v) is 13.1. The molecule has 4 nitrogen and oxygen atoms in total. The average molecular weight is 353 g/mol. The number of nitrogens with one attached hydrogen (secondary N) is 1. The minimum atomic E-state index is -0.513. The molecule has 0 spiro atoms. The fourth-order valence-electron chi connectivity index (χ4n) is 1.80. The highest BCUT2D eigenvalue weighted by atomic mass is 79.9. The van der Waals surface area contributed by atoms with E-state index in [2.05, 4.69) is 21.2 Å². The lowest BCUT2D eigenvalue weighted by atomic mass is 10.1. The topological polar surface area (TPSA) is 64.3 Å². The molecule has 0 bridgehead atoms. The molecule has 21 heavy (non-hydrogen) atoms. The van der Waals surface area contributed by atoms with Gasteiger partial charge in [-0.3, -0.25) is 4.79 Å². The second-order valence-corrected chi connectivity index (χ2v) is 5.39. The van der Waals surface area contributed by atoms with Crippen LogP contribution in [0.3, 0.4) is 0 Å². The van der Waals surface area contributed by atoms with Crippen LogP contribution < -0.4 is 15.8 Å². The smallest absolute Gasteiger partial charge is 0.255 e. The maximum Gasteiger partial charge on any atom is 0.255 e. The van der Waals surface area contributed by atoms with Gasteiger partial charge < -0.3 is 15.8 Å². The molecule has 0 fully saturated rings. The van der Waals surface area contributed by atoms with Crippen LogP contribution >= 0.6 is 15.9 Å². The summed E-state index contributed by atoms with van der Waals surface area (Å²) in [6.07, 6.45) is 0. The van der Waals surface area contributed by atoms with Gasteiger partial charge in [0, 0.05) is 21.3 Å². The molecule has 0 saturated carbocycles. The molecular formula is C15H14BrFN2O2. The van der Waals surface area contributed by atoms with E-state index in [1.807, 2.05) is 0 Å². The van der Waals surface area contributed by atoms with Gasteiger partial charge in [-0.25, -0.2) is 4.39 Å². The van der Waals surface area contributed by atoms with E-state index in [0.717, 1.165) is 10.5 Å². The molecule has 6 heteroatoms. The highest BCUT2D eigenvalue weighted by Crippen LogP contribution is 2.28. The number of ether oxygens (including phenoxy) is 1. The van der Waals surface area contributed by atoms with Gasteiger partial charge in [0.05, 0.1) is 12.8 Å². The first-order chi connectivity index (χ1) is 9.92. The normalized spacial score (nSPS) is 10.3. The van der Waals surface area contributed by atoms with Gasteiger partial charge in [0.25, 0.3) is 5.91 Å². The zero-order valence-electron chi connectivity index (χ0n) is 11.5. The van der Waals surface area contributed by atoms with Crippen molar-refractivity contribution >= 4 is 33.2 Å². The number of rotatable bonds is 3. The Morgan fingerprint density at radius 2 is 2.05 bits per heavy atom. The number of nitrogen functional groups attached to an aromatic ring is 1. The van der Waals surface area contributed by atoms with Crippen LogP contribution in [0.2, 0.25) is 0 Å². The lowest BCUT2D eigenvalue weighted by molar-refractivity contribution is 0.102. The first-order valence-corrected chi connectivity index (χ1v) is 6.92. The fourth-order valence-corrected chi connectivity index (χ4v) is 2.16. The molecule has 0 aliphatic heterocycles. The maximum atomic E-state index is 13.7. The molecule has 0 aliphatic rings. The van der Waals surface area contributed by atoms with Crippen LogP contribution in [0.5, 0.6) is 5.75 Å². The number of benzene rings is 2. The van der Waals surface area contributed by atoms with Crippen molar-refractivity contribution in [2.45, 2.75) is 6.92 Å². The van der Waals surface area contributed by atoms with Crippen molar-refractivity contribution in [1.82, 2.24) is 0 Å². The molecule has 2 rings (SSSR count). The summed E-state index contributed by atoms with van der Waals surface area (Å²) in [6.45, 7) is 1.56. The van der Waals surface area contributed by atoms with Gasteiger partial charge in [-0.15, -0.1) is 0 Å². The summed E-state index contributed by atoms with van der Waals surface area (Å²) in [7, 11) is 1.50. The van der Waals surface area contributed by atoms with Crippen molar-refractivity contribution in [2.24, 2.45) is 0 Å². The van der Waals surface area contributed by atoms with Crippen LogP contribution in [-0.2, 0) is 0 Å². The van der Waals surface area contributed by atoms with E-state index in [0.29, 0.717) is 17.0 Å². The Bertz CT molecular complexity index is 681. The van der Waals surface area contributed by atoms with E-state index in [4.69, 9.17) is 10.5 Å². The number of amides is 1. The molecule has 0 heterocycles. The Balaban J connectivity index is 2.32. The summed E-state index contributed by atoms with van der Waals surface area (Å²) in [4.78, 5) is 12.2. The molecule has 1 amide bonds. The van der Waals surface area contributed by atoms with Crippen molar-refractivity contribution in [3.8, 4) is 5.75 Å². The molecule has 0 aromatic heterocycles. The van der Waals surface area contributed by atoms with Crippen LogP contribution in [0.25, 0.3) is 0 Å². The summed E-state index contributed by atoms with van der Waals surface area (Å²) in [5.74, 6) is -0.467. The summed E-state index contributed by atoms with van der Waals surface area (Å²) in [5, 5.41) is 2.68. The minimum absolute atomic E-state index is 0.151. The second kappa shape index (κ2) is 6.13. The molecule has 2 aromatic rings. The largest absolute Gasteiger partial charge is 0.495 e. The highest BCUT2D eigenvalue weighted by molar-refractivity contribution is 9.10. The van der Waals surface area contributed by atoms with Gasteiger partial charge >= 0.3 is 0 Å². The number of carbonyl (C=O) groups is 1. The van der Waals surface area contributed by atoms with Gasteiger partial charge in [-0.2, -0.15) is 0 Å². The van der Waals surface area contributed by atoms with E-state index >= 15 is 0 Å². The van der Waals surface area contributed by atoms with E-state index in [1.165, 1.54) is 13.2 Å². The third kappa shape index (κ3) is 3.33. The Kier molecular flexibility index (Phi) is 4.47. The highest BCUT2D eigenvalue weighted by Gasteiger charge is 2.13. The van der Waals surface area contributed by atoms with Gasteiger partial charge in [0.15, 0.2) is 0 Å². The average Bonchev–Trinajstić information content (AvgIpc) is 2.44. The van der Waals surface area contributed by atoms with E-state index in [9.17, 15) is 9.18 Å². The standard InChI is InChI=1S/C15H14BrFN2O2/c1-8-11(17)5-9(6-12(8)18)15(20)19-13-7-10(16)3-4-14(13)21-2/h3-7H,18H2,1-2H3,(H,19,20). The predicted octanol–water partition coefficient (Wildman–Crippen LogP) is 3.74. The number of nitrogens with two attached hydrogens (primary N) is 1. The maximum absolute atomic E-state index is 13.7. The number of halogens is 2. The Morgan fingerprint density at radius 3 is 2.67 bits per heavy atom. The first kappa shape index (κ1) is 15.3. The van der Waals surface area contributed by atoms with Gasteiger partial charge in [-0.05, 0) is 37.3 Å². The number of carbonyl (C=O) groups excluding carboxylic acids is 1. The number of anilines is 2. The number of hydrogen-bond donors (Lipinski definition) is 2. The SMILES string of the molecule is COc1ccc(Br)cc1NC(=O)c1cc(N)c(C)c(F)c1. The van der Waals surface area contributed by atoms with Crippen molar-refractivity contribution < 1.29 is 13.9 Å². The molecule has 2 aromatic carbocycles. The van der Waals surface area contributed by atoms with Crippen LogP contribution in [0.1, 0.15) is 15.9 Å². The summed E-state index contributed by atoms with van der Waals surface area (Å²) in [6, 6.07) is 7.80. The van der Waals surface area contributed by atoms with Gasteiger partial charge in [0.2, 0.25) is 0 Å². The van der Waals surface area contributed by atoms with E-state index in [-0.39, 0.29) is 11.3 Å². The van der Waals surface area contributed by atoms with Crippen LogP contribution in [0.15, 0.2) is 34.8 Å². The van der Waals surface area contributed by atoms with Crippen molar-refractivity contribution in [3.63, 3.8) is 0 Å². The lowest BCUT2D eigenvalue weighted by Crippen LogP contribution is -2.14. The number of hydrogen-bond acceptors (Lipinski definition) is 3. The molecule has 0 atom stereocenters. The van der Waals surface area contributed by atoms with Crippen LogP contribution in [0, 0.1) is 12.7 Å². The second-order valence-electron chi connectivity index (χ2n) is 4.47. The summed E-state index contributed by atoms with van der Waals surface area (Å²) < 4.78 is 19.6. The molecule has 110 valence electrons.